The van der Waals surface area contributed by atoms with E-state index in [2.05, 4.69) is 12.1 Å². The van der Waals surface area contributed by atoms with Crippen molar-refractivity contribution in [2.24, 2.45) is 0 Å². The third-order valence-corrected chi connectivity index (χ3v) is 4.54. The van der Waals surface area contributed by atoms with Crippen LogP contribution in [0.5, 0.6) is 0 Å². The van der Waals surface area contributed by atoms with E-state index in [1.165, 1.54) is 4.90 Å². The zero-order valence-corrected chi connectivity index (χ0v) is 15.7. The van der Waals surface area contributed by atoms with Gasteiger partial charge in [-0.25, -0.2) is 0 Å². The summed E-state index contributed by atoms with van der Waals surface area (Å²) in [5.74, 6) is 0.206. The van der Waals surface area contributed by atoms with Gasteiger partial charge in [-0.15, -0.1) is 0 Å². The Morgan fingerprint density at radius 1 is 1.11 bits per heavy atom. The summed E-state index contributed by atoms with van der Waals surface area (Å²) in [6.07, 6.45) is 2.02. The number of carbonyl (C=O) groups is 1. The highest BCUT2D eigenvalue weighted by molar-refractivity contribution is 5.91. The van der Waals surface area contributed by atoms with Crippen molar-refractivity contribution in [3.63, 3.8) is 0 Å². The van der Waals surface area contributed by atoms with Gasteiger partial charge in [0.25, 0.3) is 5.91 Å². The van der Waals surface area contributed by atoms with Crippen LogP contribution in [0.1, 0.15) is 29.0 Å². The fraction of sp³-hybridized carbons (Fsp3) is 0.318. The monoisotopic (exact) mass is 367 g/mol. The molecule has 0 aromatic heterocycles. The second kappa shape index (κ2) is 8.84. The SMILES string of the molecule is CN(C)C(=O)C1=C[C@H](c2ccccc2)C[C@H](OCc2ccc(CO)cc2)O1. The van der Waals surface area contributed by atoms with Gasteiger partial charge in [-0.05, 0) is 22.8 Å². The zero-order valence-electron chi connectivity index (χ0n) is 15.7. The van der Waals surface area contributed by atoms with Crippen LogP contribution in [0.2, 0.25) is 0 Å². The Morgan fingerprint density at radius 2 is 1.78 bits per heavy atom. The van der Waals surface area contributed by atoms with Crippen molar-refractivity contribution in [3.05, 3.63) is 83.1 Å². The molecule has 1 aliphatic heterocycles. The number of rotatable bonds is 6. The number of carbonyl (C=O) groups excluding carboxylic acids is 1. The maximum atomic E-state index is 12.4. The van der Waals surface area contributed by atoms with E-state index < -0.39 is 6.29 Å². The van der Waals surface area contributed by atoms with Crippen molar-refractivity contribution in [3.8, 4) is 0 Å². The van der Waals surface area contributed by atoms with Gasteiger partial charge in [0.05, 0.1) is 13.2 Å². The lowest BCUT2D eigenvalue weighted by atomic mass is 9.93. The van der Waals surface area contributed by atoms with Gasteiger partial charge >= 0.3 is 0 Å². The molecule has 27 heavy (non-hydrogen) atoms. The number of aliphatic hydroxyl groups excluding tert-OH is 1. The van der Waals surface area contributed by atoms with Gasteiger partial charge in [-0.3, -0.25) is 4.79 Å². The summed E-state index contributed by atoms with van der Waals surface area (Å²) in [6, 6.07) is 17.6. The first-order valence-electron chi connectivity index (χ1n) is 9.02. The average molecular weight is 367 g/mol. The van der Waals surface area contributed by atoms with Crippen molar-refractivity contribution in [2.45, 2.75) is 31.8 Å². The molecule has 0 radical (unpaired) electrons. The number of hydrogen-bond donors (Lipinski definition) is 1. The van der Waals surface area contributed by atoms with Crippen LogP contribution >= 0.6 is 0 Å². The van der Waals surface area contributed by atoms with E-state index in [1.807, 2.05) is 48.5 Å². The molecule has 0 unspecified atom stereocenters. The van der Waals surface area contributed by atoms with Crippen molar-refractivity contribution in [1.29, 1.82) is 0 Å². The molecule has 0 saturated heterocycles. The normalized spacial score (nSPS) is 19.1. The summed E-state index contributed by atoms with van der Waals surface area (Å²) in [4.78, 5) is 13.9. The third-order valence-electron chi connectivity index (χ3n) is 4.54. The molecule has 2 aromatic rings. The predicted octanol–water partition coefficient (Wildman–Crippen LogP) is 3.20. The quantitative estimate of drug-likeness (QED) is 0.852. The van der Waals surface area contributed by atoms with Crippen LogP contribution in [0.4, 0.5) is 0 Å². The van der Waals surface area contributed by atoms with E-state index in [1.54, 1.807) is 14.1 Å². The van der Waals surface area contributed by atoms with E-state index in [0.717, 1.165) is 16.7 Å². The van der Waals surface area contributed by atoms with Crippen LogP contribution in [0.3, 0.4) is 0 Å². The number of likely N-dealkylation sites (N-methyl/N-ethyl adjacent to an activating group) is 1. The molecule has 1 N–H and O–H groups in total. The van der Waals surface area contributed by atoms with E-state index in [0.29, 0.717) is 18.8 Å². The van der Waals surface area contributed by atoms with E-state index >= 15 is 0 Å². The molecule has 0 bridgehead atoms. The van der Waals surface area contributed by atoms with Crippen molar-refractivity contribution in [2.75, 3.05) is 14.1 Å². The van der Waals surface area contributed by atoms with Gasteiger partial charge in [-0.2, -0.15) is 0 Å². The lowest BCUT2D eigenvalue weighted by Gasteiger charge is -2.30. The maximum Gasteiger partial charge on any atom is 0.288 e. The van der Waals surface area contributed by atoms with Gasteiger partial charge in [0.2, 0.25) is 6.29 Å². The minimum Gasteiger partial charge on any atom is -0.459 e. The molecule has 0 aliphatic carbocycles. The van der Waals surface area contributed by atoms with Crippen LogP contribution < -0.4 is 0 Å². The predicted molar refractivity (Wildman–Crippen MR) is 103 cm³/mol. The molecule has 1 amide bonds. The Hall–Kier alpha value is -2.63. The van der Waals surface area contributed by atoms with Gasteiger partial charge in [0.15, 0.2) is 5.76 Å². The van der Waals surface area contributed by atoms with E-state index in [9.17, 15) is 4.79 Å². The molecule has 5 heteroatoms. The fourth-order valence-corrected chi connectivity index (χ4v) is 2.99. The fourth-order valence-electron chi connectivity index (χ4n) is 2.99. The summed E-state index contributed by atoms with van der Waals surface area (Å²) < 4.78 is 11.8. The molecular formula is C22H25NO4. The number of aliphatic hydroxyl groups is 1. The molecule has 2 aromatic carbocycles. The first-order valence-corrected chi connectivity index (χ1v) is 9.02. The topological polar surface area (TPSA) is 59.0 Å². The number of allylic oxidation sites excluding steroid dienone is 1. The number of benzene rings is 2. The average Bonchev–Trinajstić information content (AvgIpc) is 2.72. The van der Waals surface area contributed by atoms with E-state index in [-0.39, 0.29) is 18.4 Å². The number of ether oxygens (including phenoxy) is 2. The second-order valence-corrected chi connectivity index (χ2v) is 6.82. The summed E-state index contributed by atoms with van der Waals surface area (Å²) in [5.41, 5.74) is 2.98. The molecule has 1 heterocycles. The van der Waals surface area contributed by atoms with Crippen molar-refractivity contribution < 1.29 is 19.4 Å². The Balaban J connectivity index is 1.73. The Kier molecular flexibility index (Phi) is 6.27. The summed E-state index contributed by atoms with van der Waals surface area (Å²) in [7, 11) is 3.41. The minimum atomic E-state index is -0.503. The molecule has 0 spiro atoms. The van der Waals surface area contributed by atoms with Crippen LogP contribution in [-0.4, -0.2) is 36.3 Å². The Labute approximate surface area is 159 Å². The minimum absolute atomic E-state index is 0.0203. The van der Waals surface area contributed by atoms with Crippen LogP contribution in [0.15, 0.2) is 66.4 Å². The van der Waals surface area contributed by atoms with Gasteiger partial charge < -0.3 is 19.5 Å². The van der Waals surface area contributed by atoms with Gasteiger partial charge in [0, 0.05) is 26.4 Å². The highest BCUT2D eigenvalue weighted by Gasteiger charge is 2.29. The number of nitrogens with zero attached hydrogens (tertiary/aromatic N) is 1. The van der Waals surface area contributed by atoms with Crippen LogP contribution in [0.25, 0.3) is 0 Å². The Bertz CT molecular complexity index is 784. The first-order chi connectivity index (χ1) is 13.1. The third kappa shape index (κ3) is 4.96. The summed E-state index contributed by atoms with van der Waals surface area (Å²) in [6.45, 7) is 0.397. The van der Waals surface area contributed by atoms with Crippen molar-refractivity contribution >= 4 is 5.91 Å². The zero-order chi connectivity index (χ0) is 19.2. The van der Waals surface area contributed by atoms with E-state index in [4.69, 9.17) is 14.6 Å². The molecular weight excluding hydrogens is 342 g/mol. The molecule has 5 nitrogen and oxygen atoms in total. The Morgan fingerprint density at radius 3 is 2.41 bits per heavy atom. The number of hydrogen-bond acceptors (Lipinski definition) is 4. The molecule has 2 atom stereocenters. The smallest absolute Gasteiger partial charge is 0.288 e. The highest BCUT2D eigenvalue weighted by atomic mass is 16.7. The summed E-state index contributed by atoms with van der Waals surface area (Å²) >= 11 is 0. The maximum absolute atomic E-state index is 12.4. The van der Waals surface area contributed by atoms with Gasteiger partial charge in [0.1, 0.15) is 0 Å². The molecule has 1 aliphatic rings. The largest absolute Gasteiger partial charge is 0.459 e. The molecule has 0 fully saturated rings. The molecule has 3 rings (SSSR count). The standard InChI is InChI=1S/C22H25NO4/c1-23(2)22(25)20-12-19(18-6-4-3-5-7-18)13-21(27-20)26-15-17-10-8-16(14-24)9-11-17/h3-12,19,21,24H,13-15H2,1-2H3/t19-,21+/m0/s1. The van der Waals surface area contributed by atoms with Gasteiger partial charge in [-0.1, -0.05) is 54.6 Å². The highest BCUT2D eigenvalue weighted by Crippen LogP contribution is 2.32. The lowest BCUT2D eigenvalue weighted by molar-refractivity contribution is -0.154. The van der Waals surface area contributed by atoms with Crippen LogP contribution in [-0.2, 0) is 27.5 Å². The van der Waals surface area contributed by atoms with Crippen LogP contribution in [0, 0.1) is 0 Å². The number of amides is 1. The molecule has 142 valence electrons. The molecule has 0 saturated carbocycles. The summed E-state index contributed by atoms with van der Waals surface area (Å²) in [5, 5.41) is 9.13. The first kappa shape index (κ1) is 19.1. The second-order valence-electron chi connectivity index (χ2n) is 6.82. The lowest BCUT2D eigenvalue weighted by Crippen LogP contribution is -2.32. The van der Waals surface area contributed by atoms with Crippen molar-refractivity contribution in [1.82, 2.24) is 4.90 Å².